The normalized spacial score (nSPS) is 28.3. The van der Waals surface area contributed by atoms with Gasteiger partial charge < -0.3 is 9.88 Å². The molecule has 0 bridgehead atoms. The molecule has 4 rings (SSSR count). The fourth-order valence-corrected chi connectivity index (χ4v) is 5.50. The van der Waals surface area contributed by atoms with Crippen molar-refractivity contribution in [3.8, 4) is 6.07 Å². The predicted molar refractivity (Wildman–Crippen MR) is 93.3 cm³/mol. The Kier molecular flexibility index (Phi) is 3.89. The molecular weight excluding hydrogens is 340 g/mol. The highest BCUT2D eigenvalue weighted by atomic mass is 32.2. The lowest BCUT2D eigenvalue weighted by Crippen LogP contribution is -2.53. The first-order chi connectivity index (χ1) is 12.0. The average Bonchev–Trinajstić information content (AvgIpc) is 3.17. The van der Waals surface area contributed by atoms with Gasteiger partial charge in [0.05, 0.1) is 16.7 Å². The van der Waals surface area contributed by atoms with Crippen LogP contribution in [0.5, 0.6) is 0 Å². The van der Waals surface area contributed by atoms with Gasteiger partial charge in [-0.2, -0.15) is 5.26 Å². The third-order valence-corrected chi connectivity index (χ3v) is 7.30. The highest BCUT2D eigenvalue weighted by molar-refractivity contribution is 7.90. The quantitative estimate of drug-likeness (QED) is 0.798. The Labute approximate surface area is 146 Å². The third-order valence-electron chi connectivity index (χ3n) is 5.27. The molecule has 25 heavy (non-hydrogen) atoms. The number of hydrogen-bond donors (Lipinski definition) is 2. The molecule has 2 heterocycles. The second-order valence-corrected chi connectivity index (χ2v) is 8.86. The van der Waals surface area contributed by atoms with Crippen molar-refractivity contribution in [2.75, 3.05) is 11.9 Å². The maximum atomic E-state index is 12.3. The highest BCUT2D eigenvalue weighted by Gasteiger charge is 2.48. The summed E-state index contributed by atoms with van der Waals surface area (Å²) in [4.78, 5) is 13.7. The first-order valence-electron chi connectivity index (χ1n) is 8.38. The summed E-state index contributed by atoms with van der Waals surface area (Å²) in [5.41, 5.74) is 0.797. The van der Waals surface area contributed by atoms with Gasteiger partial charge >= 0.3 is 0 Å². The Hall–Kier alpha value is -2.18. The number of hydrogen-bond acceptors (Lipinski definition) is 6. The maximum Gasteiger partial charge on any atom is 0.215 e. The van der Waals surface area contributed by atoms with E-state index in [2.05, 4.69) is 30.6 Å². The molecule has 2 unspecified atom stereocenters. The number of aromatic amines is 1. The fourth-order valence-electron chi connectivity index (χ4n) is 3.56. The molecule has 2 saturated carbocycles. The smallest absolute Gasteiger partial charge is 0.215 e. The van der Waals surface area contributed by atoms with E-state index in [9.17, 15) is 8.42 Å². The van der Waals surface area contributed by atoms with Gasteiger partial charge in [0.15, 0.2) is 0 Å². The molecule has 0 spiro atoms. The van der Waals surface area contributed by atoms with Crippen molar-refractivity contribution < 1.29 is 8.42 Å². The minimum atomic E-state index is -3.31. The molecule has 0 aliphatic heterocycles. The molecule has 132 valence electrons. The Morgan fingerprint density at radius 2 is 2.20 bits per heavy atom. The lowest BCUT2D eigenvalue weighted by Gasteiger charge is -2.42. The van der Waals surface area contributed by atoms with E-state index in [-0.39, 0.29) is 23.3 Å². The molecule has 2 aliphatic carbocycles. The van der Waals surface area contributed by atoms with Crippen LogP contribution in [0, 0.1) is 17.2 Å². The second-order valence-electron chi connectivity index (χ2n) is 6.93. The standard InChI is InChI=1S/C16H20N6O2S/c1-22(16-13-3-5-18-15(13)19-9-20-16)12-7-11(8-12)21-25(23,24)14-6-10(14)2-4-17/h3,5,9-12,14,21H,2,6-8H2,1H3,(H,18,19,20). The van der Waals surface area contributed by atoms with Crippen molar-refractivity contribution in [1.29, 1.82) is 5.26 Å². The second kappa shape index (κ2) is 5.97. The number of H-pyrrole nitrogens is 1. The largest absolute Gasteiger partial charge is 0.356 e. The SMILES string of the molecule is CN(c1ncnc2[nH]ccc12)C1CC(NS(=O)(=O)C2CC2CC#N)C1. The van der Waals surface area contributed by atoms with Gasteiger partial charge in [0.1, 0.15) is 17.8 Å². The van der Waals surface area contributed by atoms with Gasteiger partial charge in [-0.25, -0.2) is 23.1 Å². The number of sulfonamides is 1. The third kappa shape index (κ3) is 2.96. The topological polar surface area (TPSA) is 115 Å². The van der Waals surface area contributed by atoms with E-state index in [1.54, 1.807) is 0 Å². The summed E-state index contributed by atoms with van der Waals surface area (Å²) in [6.45, 7) is 0. The van der Waals surface area contributed by atoms with E-state index >= 15 is 0 Å². The van der Waals surface area contributed by atoms with Crippen molar-refractivity contribution in [2.45, 2.75) is 43.0 Å². The summed E-state index contributed by atoms with van der Waals surface area (Å²) < 4.78 is 27.4. The zero-order valence-corrected chi connectivity index (χ0v) is 14.7. The van der Waals surface area contributed by atoms with Crippen molar-refractivity contribution in [3.63, 3.8) is 0 Å². The van der Waals surface area contributed by atoms with Gasteiger partial charge in [0.2, 0.25) is 10.0 Å². The summed E-state index contributed by atoms with van der Waals surface area (Å²) in [7, 11) is -1.33. The van der Waals surface area contributed by atoms with Gasteiger partial charge in [-0.3, -0.25) is 0 Å². The molecule has 2 aromatic rings. The summed E-state index contributed by atoms with van der Waals surface area (Å²) in [5.74, 6) is 0.859. The molecule has 2 N–H and O–H groups in total. The molecule has 0 saturated heterocycles. The molecule has 0 aromatic carbocycles. The van der Waals surface area contributed by atoms with E-state index in [1.165, 1.54) is 6.33 Å². The Balaban J connectivity index is 1.36. The van der Waals surface area contributed by atoms with Gasteiger partial charge in [0.25, 0.3) is 0 Å². The van der Waals surface area contributed by atoms with E-state index in [0.717, 1.165) is 29.7 Å². The molecular formula is C16H20N6O2S. The summed E-state index contributed by atoms with van der Waals surface area (Å²) in [6.07, 6.45) is 5.80. The van der Waals surface area contributed by atoms with Crippen LogP contribution < -0.4 is 9.62 Å². The van der Waals surface area contributed by atoms with Crippen LogP contribution in [0.2, 0.25) is 0 Å². The van der Waals surface area contributed by atoms with Crippen LogP contribution in [0.25, 0.3) is 11.0 Å². The van der Waals surface area contributed by atoms with Crippen LogP contribution in [0.3, 0.4) is 0 Å². The number of anilines is 1. The minimum Gasteiger partial charge on any atom is -0.356 e. The van der Waals surface area contributed by atoms with Gasteiger partial charge in [-0.1, -0.05) is 0 Å². The van der Waals surface area contributed by atoms with Crippen molar-refractivity contribution in [2.24, 2.45) is 5.92 Å². The molecule has 0 amide bonds. The van der Waals surface area contributed by atoms with E-state index < -0.39 is 10.0 Å². The molecule has 2 aromatic heterocycles. The van der Waals surface area contributed by atoms with Crippen LogP contribution in [-0.2, 0) is 10.0 Å². The van der Waals surface area contributed by atoms with Crippen molar-refractivity contribution in [1.82, 2.24) is 19.7 Å². The summed E-state index contributed by atoms with van der Waals surface area (Å²) >= 11 is 0. The lowest BCUT2D eigenvalue weighted by molar-refractivity contribution is 0.316. The first kappa shape index (κ1) is 16.3. The van der Waals surface area contributed by atoms with E-state index in [0.29, 0.717) is 12.8 Å². The number of aromatic nitrogens is 3. The number of rotatable bonds is 6. The molecule has 9 heteroatoms. The Bertz CT molecular complexity index is 927. The van der Waals surface area contributed by atoms with Gasteiger partial charge in [0, 0.05) is 31.7 Å². The molecule has 0 radical (unpaired) electrons. The number of nitrogens with one attached hydrogen (secondary N) is 2. The number of nitrogens with zero attached hydrogens (tertiary/aromatic N) is 4. The zero-order valence-electron chi connectivity index (χ0n) is 13.9. The average molecular weight is 360 g/mol. The van der Waals surface area contributed by atoms with Crippen molar-refractivity contribution >= 4 is 26.9 Å². The number of nitriles is 1. The zero-order chi connectivity index (χ0) is 17.6. The fraction of sp³-hybridized carbons (Fsp3) is 0.562. The summed E-state index contributed by atoms with van der Waals surface area (Å²) in [6, 6.07) is 4.21. The van der Waals surface area contributed by atoms with Crippen LogP contribution >= 0.6 is 0 Å². The van der Waals surface area contributed by atoms with Gasteiger partial charge in [-0.15, -0.1) is 0 Å². The lowest BCUT2D eigenvalue weighted by atomic mass is 9.86. The Morgan fingerprint density at radius 1 is 1.40 bits per heavy atom. The molecule has 8 nitrogen and oxygen atoms in total. The van der Waals surface area contributed by atoms with Crippen molar-refractivity contribution in [3.05, 3.63) is 18.6 Å². The molecule has 2 fully saturated rings. The van der Waals surface area contributed by atoms with E-state index in [1.807, 2.05) is 19.3 Å². The van der Waals surface area contributed by atoms with Crippen LogP contribution in [-0.4, -0.2) is 47.8 Å². The summed E-state index contributed by atoms with van der Waals surface area (Å²) in [5, 5.41) is 9.26. The molecule has 2 atom stereocenters. The number of fused-ring (bicyclic) bond motifs is 1. The van der Waals surface area contributed by atoms with Crippen LogP contribution in [0.15, 0.2) is 18.6 Å². The monoisotopic (exact) mass is 360 g/mol. The minimum absolute atomic E-state index is 0.00365. The maximum absolute atomic E-state index is 12.3. The van der Waals surface area contributed by atoms with E-state index in [4.69, 9.17) is 5.26 Å². The Morgan fingerprint density at radius 3 is 2.96 bits per heavy atom. The predicted octanol–water partition coefficient (Wildman–Crippen LogP) is 1.15. The van der Waals surface area contributed by atoms with Crippen LogP contribution in [0.4, 0.5) is 5.82 Å². The van der Waals surface area contributed by atoms with Crippen LogP contribution in [0.1, 0.15) is 25.7 Å². The van der Waals surface area contributed by atoms with Gasteiger partial charge in [-0.05, 0) is 31.2 Å². The molecule has 2 aliphatic rings. The highest BCUT2D eigenvalue weighted by Crippen LogP contribution is 2.40. The first-order valence-corrected chi connectivity index (χ1v) is 9.93.